The first-order valence-electron chi connectivity index (χ1n) is 7.81. The lowest BCUT2D eigenvalue weighted by molar-refractivity contribution is 0.830. The third kappa shape index (κ3) is 3.02. The number of nitrogens with one attached hydrogen (secondary N) is 1. The van der Waals surface area contributed by atoms with E-state index in [4.69, 9.17) is 0 Å². The molecule has 0 aliphatic heterocycles. The zero-order chi connectivity index (χ0) is 16.2. The summed E-state index contributed by atoms with van der Waals surface area (Å²) in [6.07, 6.45) is 7.86. The van der Waals surface area contributed by atoms with Crippen molar-refractivity contribution < 1.29 is 0 Å². The van der Waals surface area contributed by atoms with Crippen molar-refractivity contribution in [3.05, 3.63) is 48.0 Å². The summed E-state index contributed by atoms with van der Waals surface area (Å²) in [5, 5.41) is 12.7. The van der Waals surface area contributed by atoms with E-state index in [1.54, 1.807) is 6.20 Å². The van der Waals surface area contributed by atoms with Gasteiger partial charge in [0.05, 0.1) is 5.56 Å². The van der Waals surface area contributed by atoms with Crippen LogP contribution >= 0.6 is 0 Å². The summed E-state index contributed by atoms with van der Waals surface area (Å²) in [6, 6.07) is 8.14. The highest BCUT2D eigenvalue weighted by molar-refractivity contribution is 5.71. The van der Waals surface area contributed by atoms with E-state index in [9.17, 15) is 5.26 Å². The van der Waals surface area contributed by atoms with Crippen LogP contribution in [0.3, 0.4) is 0 Å². The molecule has 0 bridgehead atoms. The summed E-state index contributed by atoms with van der Waals surface area (Å²) in [5.41, 5.74) is 4.38. The number of aromatic nitrogens is 3. The van der Waals surface area contributed by atoms with Crippen molar-refractivity contribution in [2.24, 2.45) is 0 Å². The maximum absolute atomic E-state index is 9.43. The molecule has 23 heavy (non-hydrogen) atoms. The Hall–Kier alpha value is -2.87. The molecular formula is C18H19N5. The van der Waals surface area contributed by atoms with E-state index in [0.29, 0.717) is 11.4 Å². The number of nitriles is 1. The molecule has 0 spiro atoms. The normalized spacial score (nSPS) is 10.7. The van der Waals surface area contributed by atoms with Crippen molar-refractivity contribution in [1.29, 1.82) is 5.26 Å². The fraction of sp³-hybridized carbons (Fsp3) is 0.278. The van der Waals surface area contributed by atoms with Crippen LogP contribution in [-0.2, 0) is 0 Å². The smallest absolute Gasteiger partial charge is 0.144 e. The molecule has 0 aliphatic rings. The number of rotatable bonds is 5. The van der Waals surface area contributed by atoms with Gasteiger partial charge in [0.15, 0.2) is 0 Å². The highest BCUT2D eigenvalue weighted by Gasteiger charge is 2.11. The first-order chi connectivity index (χ1) is 11.2. The Labute approximate surface area is 135 Å². The summed E-state index contributed by atoms with van der Waals surface area (Å²) >= 11 is 0. The van der Waals surface area contributed by atoms with E-state index < -0.39 is 0 Å². The van der Waals surface area contributed by atoms with Crippen molar-refractivity contribution in [1.82, 2.24) is 14.4 Å². The van der Waals surface area contributed by atoms with Gasteiger partial charge >= 0.3 is 0 Å². The van der Waals surface area contributed by atoms with E-state index >= 15 is 0 Å². The fourth-order valence-corrected chi connectivity index (χ4v) is 2.58. The lowest BCUT2D eigenvalue weighted by atomic mass is 10.0. The second kappa shape index (κ2) is 6.49. The number of nitrogens with zero attached hydrogens (tertiary/aromatic N) is 4. The fourth-order valence-electron chi connectivity index (χ4n) is 2.58. The van der Waals surface area contributed by atoms with Crippen molar-refractivity contribution in [2.75, 3.05) is 11.9 Å². The van der Waals surface area contributed by atoms with Gasteiger partial charge in [0.25, 0.3) is 0 Å². The number of unbranched alkanes of at least 4 members (excludes halogenated alkanes) is 1. The topological polar surface area (TPSA) is 66.0 Å². The lowest BCUT2D eigenvalue weighted by Gasteiger charge is -2.12. The van der Waals surface area contributed by atoms with E-state index in [0.717, 1.165) is 41.9 Å². The Kier molecular flexibility index (Phi) is 4.24. The Morgan fingerprint density at radius 2 is 2.22 bits per heavy atom. The molecule has 5 heteroatoms. The predicted octanol–water partition coefficient (Wildman–Crippen LogP) is 3.79. The minimum Gasteiger partial charge on any atom is -0.369 e. The minimum absolute atomic E-state index is 0.576. The van der Waals surface area contributed by atoms with Gasteiger partial charge in [-0.25, -0.2) is 9.97 Å². The molecule has 0 unspecified atom stereocenters. The molecule has 0 aliphatic carbocycles. The zero-order valence-electron chi connectivity index (χ0n) is 13.4. The van der Waals surface area contributed by atoms with Gasteiger partial charge in [-0.05, 0) is 31.5 Å². The number of imidazole rings is 1. The lowest BCUT2D eigenvalue weighted by Crippen LogP contribution is -2.06. The van der Waals surface area contributed by atoms with Gasteiger partial charge < -0.3 is 9.72 Å². The van der Waals surface area contributed by atoms with Crippen molar-refractivity contribution >= 4 is 11.5 Å². The van der Waals surface area contributed by atoms with E-state index in [1.165, 1.54) is 0 Å². The first-order valence-corrected chi connectivity index (χ1v) is 7.81. The van der Waals surface area contributed by atoms with Crippen LogP contribution in [0.1, 0.15) is 31.0 Å². The first kappa shape index (κ1) is 15.0. The second-order valence-electron chi connectivity index (χ2n) is 5.52. The Morgan fingerprint density at radius 3 is 3.00 bits per heavy atom. The van der Waals surface area contributed by atoms with Gasteiger partial charge in [-0.3, -0.25) is 0 Å². The van der Waals surface area contributed by atoms with Gasteiger partial charge in [-0.15, -0.1) is 0 Å². The standard InChI is InChI=1S/C18H19N5/c1-3-4-7-21-18-15(11-19)10-16(13(2)22-18)14-5-6-17-20-8-9-23(17)12-14/h5-6,8-10,12H,3-4,7H2,1-2H3,(H,21,22). The van der Waals surface area contributed by atoms with Crippen LogP contribution in [0.2, 0.25) is 0 Å². The zero-order valence-corrected chi connectivity index (χ0v) is 13.4. The van der Waals surface area contributed by atoms with E-state index in [-0.39, 0.29) is 0 Å². The minimum atomic E-state index is 0.576. The summed E-state index contributed by atoms with van der Waals surface area (Å²) in [4.78, 5) is 8.85. The Morgan fingerprint density at radius 1 is 1.35 bits per heavy atom. The molecule has 3 heterocycles. The van der Waals surface area contributed by atoms with Crippen molar-refractivity contribution in [3.63, 3.8) is 0 Å². The highest BCUT2D eigenvalue weighted by atomic mass is 15.0. The maximum atomic E-state index is 9.43. The molecule has 0 saturated carbocycles. The van der Waals surface area contributed by atoms with Crippen LogP contribution in [0.4, 0.5) is 5.82 Å². The molecule has 116 valence electrons. The van der Waals surface area contributed by atoms with Crippen LogP contribution in [0.5, 0.6) is 0 Å². The molecule has 0 atom stereocenters. The average Bonchev–Trinajstić information content (AvgIpc) is 3.03. The molecule has 3 rings (SSSR count). The quantitative estimate of drug-likeness (QED) is 0.728. The van der Waals surface area contributed by atoms with Gasteiger partial charge in [-0.2, -0.15) is 5.26 Å². The molecule has 0 amide bonds. The number of aryl methyl sites for hydroxylation is 1. The monoisotopic (exact) mass is 305 g/mol. The molecule has 5 nitrogen and oxygen atoms in total. The number of anilines is 1. The van der Waals surface area contributed by atoms with Gasteiger partial charge in [0.2, 0.25) is 0 Å². The summed E-state index contributed by atoms with van der Waals surface area (Å²) in [7, 11) is 0. The molecule has 0 radical (unpaired) electrons. The van der Waals surface area contributed by atoms with Crippen LogP contribution in [0.25, 0.3) is 16.8 Å². The van der Waals surface area contributed by atoms with Crippen molar-refractivity contribution in [2.45, 2.75) is 26.7 Å². The second-order valence-corrected chi connectivity index (χ2v) is 5.52. The van der Waals surface area contributed by atoms with Crippen LogP contribution in [-0.4, -0.2) is 20.9 Å². The van der Waals surface area contributed by atoms with Crippen molar-refractivity contribution in [3.8, 4) is 17.2 Å². The van der Waals surface area contributed by atoms with Gasteiger partial charge in [0, 0.05) is 42.0 Å². The average molecular weight is 305 g/mol. The van der Waals surface area contributed by atoms with Gasteiger partial charge in [-0.1, -0.05) is 13.3 Å². The molecule has 0 aromatic carbocycles. The number of pyridine rings is 2. The molecule has 0 fully saturated rings. The summed E-state index contributed by atoms with van der Waals surface area (Å²) in [5.74, 6) is 0.672. The largest absolute Gasteiger partial charge is 0.369 e. The molecule has 0 saturated heterocycles. The van der Waals surface area contributed by atoms with Crippen LogP contribution in [0.15, 0.2) is 36.8 Å². The third-order valence-corrected chi connectivity index (χ3v) is 3.86. The number of fused-ring (bicyclic) bond motifs is 1. The maximum Gasteiger partial charge on any atom is 0.144 e. The third-order valence-electron chi connectivity index (χ3n) is 3.86. The highest BCUT2D eigenvalue weighted by Crippen LogP contribution is 2.26. The SMILES string of the molecule is CCCCNc1nc(C)c(-c2ccc3nccn3c2)cc1C#N. The summed E-state index contributed by atoms with van der Waals surface area (Å²) in [6.45, 7) is 4.94. The van der Waals surface area contributed by atoms with E-state index in [2.05, 4.69) is 28.3 Å². The number of hydrogen-bond donors (Lipinski definition) is 1. The molecule has 1 N–H and O–H groups in total. The molecular weight excluding hydrogens is 286 g/mol. The Bertz CT molecular complexity index is 873. The predicted molar refractivity (Wildman–Crippen MR) is 91.3 cm³/mol. The van der Waals surface area contributed by atoms with Crippen LogP contribution < -0.4 is 5.32 Å². The van der Waals surface area contributed by atoms with Gasteiger partial charge in [0.1, 0.15) is 17.5 Å². The van der Waals surface area contributed by atoms with E-state index in [1.807, 2.05) is 41.9 Å². The molecule has 3 aromatic heterocycles. The number of hydrogen-bond acceptors (Lipinski definition) is 4. The summed E-state index contributed by atoms with van der Waals surface area (Å²) < 4.78 is 1.97. The van der Waals surface area contributed by atoms with Crippen LogP contribution in [0, 0.1) is 18.3 Å². The molecule has 3 aromatic rings. The Balaban J connectivity index is 2.00.